The van der Waals surface area contributed by atoms with Crippen LogP contribution in [-0.2, 0) is 9.59 Å². The molecule has 15 heavy (non-hydrogen) atoms. The van der Waals surface area contributed by atoms with Crippen LogP contribution in [0.5, 0.6) is 0 Å². The van der Waals surface area contributed by atoms with E-state index >= 15 is 0 Å². The first-order valence-corrected chi connectivity index (χ1v) is 4.47. The number of hydrogen-bond donors (Lipinski definition) is 2. The highest BCUT2D eigenvalue weighted by atomic mass is 16.4. The number of aromatic nitrogens is 1. The molecule has 5 heteroatoms. The second kappa shape index (κ2) is 5.09. The summed E-state index contributed by atoms with van der Waals surface area (Å²) in [6.45, 7) is 1.85. The number of carboxylic acid groups (broad SMARTS) is 1. The van der Waals surface area contributed by atoms with Gasteiger partial charge >= 0.3 is 5.97 Å². The minimum absolute atomic E-state index is 0.148. The minimum Gasteiger partial charge on any atom is -0.481 e. The molecular weight excluding hydrogens is 196 g/mol. The Bertz CT molecular complexity index is 365. The van der Waals surface area contributed by atoms with Crippen LogP contribution >= 0.6 is 0 Å². The van der Waals surface area contributed by atoms with Crippen LogP contribution in [0.1, 0.15) is 23.6 Å². The average Bonchev–Trinajstić information content (AvgIpc) is 2.17. The molecule has 1 aromatic rings. The summed E-state index contributed by atoms with van der Waals surface area (Å²) in [6.07, 6.45) is 3.54. The van der Waals surface area contributed by atoms with Crippen LogP contribution in [0.2, 0.25) is 0 Å². The summed E-state index contributed by atoms with van der Waals surface area (Å²) in [7, 11) is 0. The van der Waals surface area contributed by atoms with E-state index in [-0.39, 0.29) is 6.42 Å². The lowest BCUT2D eigenvalue weighted by Gasteiger charge is -2.15. The molecule has 0 aromatic carbocycles. The summed E-state index contributed by atoms with van der Waals surface area (Å²) < 4.78 is 0. The van der Waals surface area contributed by atoms with E-state index < -0.39 is 12.0 Å². The third kappa shape index (κ3) is 3.05. The van der Waals surface area contributed by atoms with Crippen molar-refractivity contribution in [3.05, 3.63) is 29.6 Å². The largest absolute Gasteiger partial charge is 0.481 e. The predicted molar refractivity (Wildman–Crippen MR) is 53.2 cm³/mol. The normalized spacial score (nSPS) is 11.8. The topological polar surface area (TPSA) is 79.3 Å². The lowest BCUT2D eigenvalue weighted by molar-refractivity contribution is -0.137. The maximum atomic E-state index is 10.6. The maximum Gasteiger partial charge on any atom is 0.305 e. The number of rotatable bonds is 5. The first-order chi connectivity index (χ1) is 7.15. The highest BCUT2D eigenvalue weighted by Gasteiger charge is 2.16. The SMILES string of the molecule is Cc1ccncc1[C@@H](CC(=O)O)NC=O. The molecule has 2 N–H and O–H groups in total. The summed E-state index contributed by atoms with van der Waals surface area (Å²) in [5.41, 5.74) is 1.64. The summed E-state index contributed by atoms with van der Waals surface area (Å²) in [5, 5.41) is 11.2. The van der Waals surface area contributed by atoms with Crippen molar-refractivity contribution in [1.82, 2.24) is 10.3 Å². The van der Waals surface area contributed by atoms with Crippen LogP contribution in [-0.4, -0.2) is 22.5 Å². The molecule has 0 saturated heterocycles. The molecule has 1 amide bonds. The van der Waals surface area contributed by atoms with Crippen LogP contribution in [0.3, 0.4) is 0 Å². The van der Waals surface area contributed by atoms with E-state index in [9.17, 15) is 9.59 Å². The first kappa shape index (κ1) is 11.2. The second-order valence-electron chi connectivity index (χ2n) is 3.17. The molecule has 1 heterocycles. The molecule has 0 fully saturated rings. The first-order valence-electron chi connectivity index (χ1n) is 4.47. The Labute approximate surface area is 87.1 Å². The average molecular weight is 208 g/mol. The number of carbonyl (C=O) groups is 2. The monoisotopic (exact) mass is 208 g/mol. The summed E-state index contributed by atoms with van der Waals surface area (Å²) >= 11 is 0. The molecule has 0 aliphatic heterocycles. The highest BCUT2D eigenvalue weighted by Crippen LogP contribution is 2.18. The van der Waals surface area contributed by atoms with Gasteiger partial charge < -0.3 is 10.4 Å². The Kier molecular flexibility index (Phi) is 3.79. The van der Waals surface area contributed by atoms with E-state index in [4.69, 9.17) is 5.11 Å². The lowest BCUT2D eigenvalue weighted by Crippen LogP contribution is -2.23. The van der Waals surface area contributed by atoms with E-state index in [1.807, 2.05) is 6.92 Å². The molecule has 0 aliphatic carbocycles. The van der Waals surface area contributed by atoms with Gasteiger partial charge in [0, 0.05) is 12.4 Å². The molecule has 80 valence electrons. The zero-order chi connectivity index (χ0) is 11.3. The van der Waals surface area contributed by atoms with Gasteiger partial charge in [-0.1, -0.05) is 0 Å². The number of hydrogen-bond acceptors (Lipinski definition) is 3. The zero-order valence-corrected chi connectivity index (χ0v) is 8.30. The fraction of sp³-hybridized carbons (Fsp3) is 0.300. The van der Waals surface area contributed by atoms with Gasteiger partial charge in [0.05, 0.1) is 12.5 Å². The Balaban J connectivity index is 2.92. The third-order valence-electron chi connectivity index (χ3n) is 2.10. The number of nitrogens with zero attached hydrogens (tertiary/aromatic N) is 1. The molecule has 0 unspecified atom stereocenters. The van der Waals surface area contributed by atoms with Crippen LogP contribution in [0.25, 0.3) is 0 Å². The molecule has 1 aromatic heterocycles. The Hall–Kier alpha value is -1.91. The van der Waals surface area contributed by atoms with Gasteiger partial charge in [0.15, 0.2) is 0 Å². The minimum atomic E-state index is -0.961. The molecule has 0 saturated carbocycles. The molecule has 5 nitrogen and oxygen atoms in total. The smallest absolute Gasteiger partial charge is 0.305 e. The van der Waals surface area contributed by atoms with Gasteiger partial charge in [0.25, 0.3) is 0 Å². The Morgan fingerprint density at radius 3 is 3.00 bits per heavy atom. The molecule has 1 rings (SSSR count). The quantitative estimate of drug-likeness (QED) is 0.696. The number of amides is 1. The number of pyridine rings is 1. The molecule has 1 atom stereocenters. The summed E-state index contributed by atoms with van der Waals surface area (Å²) in [6, 6.07) is 1.25. The van der Waals surface area contributed by atoms with E-state index in [0.717, 1.165) is 11.1 Å². The van der Waals surface area contributed by atoms with E-state index in [1.165, 1.54) is 0 Å². The van der Waals surface area contributed by atoms with Crippen molar-refractivity contribution in [1.29, 1.82) is 0 Å². The van der Waals surface area contributed by atoms with Crippen molar-refractivity contribution in [3.8, 4) is 0 Å². The molecule has 0 spiro atoms. The summed E-state index contributed by atoms with van der Waals surface area (Å²) in [5.74, 6) is -0.961. The summed E-state index contributed by atoms with van der Waals surface area (Å²) in [4.78, 5) is 24.9. The number of carbonyl (C=O) groups excluding carboxylic acids is 1. The zero-order valence-electron chi connectivity index (χ0n) is 8.30. The van der Waals surface area contributed by atoms with Crippen molar-refractivity contribution in [2.75, 3.05) is 0 Å². The standard InChI is InChI=1S/C10H12N2O3/c1-7-2-3-11-5-8(7)9(12-6-13)4-10(14)15/h2-3,5-6,9H,4H2,1H3,(H,12,13)(H,14,15)/t9-/m1/s1. The van der Waals surface area contributed by atoms with Crippen LogP contribution < -0.4 is 5.32 Å². The highest BCUT2D eigenvalue weighted by molar-refractivity contribution is 5.68. The number of carboxylic acids is 1. The van der Waals surface area contributed by atoms with Gasteiger partial charge in [-0.15, -0.1) is 0 Å². The van der Waals surface area contributed by atoms with E-state index in [2.05, 4.69) is 10.3 Å². The van der Waals surface area contributed by atoms with Gasteiger partial charge in [-0.3, -0.25) is 14.6 Å². The Morgan fingerprint density at radius 2 is 2.47 bits per heavy atom. The lowest BCUT2D eigenvalue weighted by atomic mass is 10.0. The van der Waals surface area contributed by atoms with Crippen molar-refractivity contribution in [3.63, 3.8) is 0 Å². The second-order valence-corrected chi connectivity index (χ2v) is 3.17. The van der Waals surface area contributed by atoms with Crippen LogP contribution in [0.15, 0.2) is 18.5 Å². The number of aliphatic carboxylic acids is 1. The number of aryl methyl sites for hydroxylation is 1. The molecule has 0 bridgehead atoms. The predicted octanol–water partition coefficient (Wildman–Crippen LogP) is 0.652. The van der Waals surface area contributed by atoms with Crippen molar-refractivity contribution >= 4 is 12.4 Å². The fourth-order valence-electron chi connectivity index (χ4n) is 1.36. The fourth-order valence-corrected chi connectivity index (χ4v) is 1.36. The van der Waals surface area contributed by atoms with Crippen molar-refractivity contribution in [2.24, 2.45) is 0 Å². The molecule has 0 radical (unpaired) electrons. The van der Waals surface area contributed by atoms with Crippen molar-refractivity contribution in [2.45, 2.75) is 19.4 Å². The van der Waals surface area contributed by atoms with Crippen molar-refractivity contribution < 1.29 is 14.7 Å². The van der Waals surface area contributed by atoms with Gasteiger partial charge in [0.1, 0.15) is 0 Å². The van der Waals surface area contributed by atoms with E-state index in [1.54, 1.807) is 18.5 Å². The third-order valence-corrected chi connectivity index (χ3v) is 2.10. The van der Waals surface area contributed by atoms with Crippen LogP contribution in [0.4, 0.5) is 0 Å². The van der Waals surface area contributed by atoms with Crippen LogP contribution in [0, 0.1) is 6.92 Å². The number of nitrogens with one attached hydrogen (secondary N) is 1. The van der Waals surface area contributed by atoms with Gasteiger partial charge in [-0.2, -0.15) is 0 Å². The van der Waals surface area contributed by atoms with E-state index in [0.29, 0.717) is 6.41 Å². The molecule has 0 aliphatic rings. The van der Waals surface area contributed by atoms with Gasteiger partial charge in [-0.05, 0) is 24.1 Å². The maximum absolute atomic E-state index is 10.6. The van der Waals surface area contributed by atoms with Gasteiger partial charge in [0.2, 0.25) is 6.41 Å². The molecular formula is C10H12N2O3. The Morgan fingerprint density at radius 1 is 1.73 bits per heavy atom. The van der Waals surface area contributed by atoms with Gasteiger partial charge in [-0.25, -0.2) is 0 Å².